The molecule has 0 heterocycles. The standard InChI is InChI=1S/C11H14F3NO/c1-3-4-6(2)16-11-7(12)5-8(15)9(13)10(11)14/h5-6H,3-4,15H2,1-2H3. The minimum atomic E-state index is -1.37. The Kier molecular flexibility index (Phi) is 4.04. The van der Waals surface area contributed by atoms with E-state index in [0.29, 0.717) is 12.5 Å². The zero-order valence-electron chi connectivity index (χ0n) is 9.19. The van der Waals surface area contributed by atoms with Crippen molar-refractivity contribution in [1.29, 1.82) is 0 Å². The van der Waals surface area contributed by atoms with Crippen molar-refractivity contribution in [2.75, 3.05) is 5.73 Å². The largest absolute Gasteiger partial charge is 0.485 e. The molecule has 0 aromatic heterocycles. The molecule has 16 heavy (non-hydrogen) atoms. The van der Waals surface area contributed by atoms with Crippen molar-refractivity contribution in [1.82, 2.24) is 0 Å². The number of nitrogen functional groups attached to an aromatic ring is 1. The fourth-order valence-corrected chi connectivity index (χ4v) is 1.37. The third kappa shape index (κ3) is 2.59. The Hall–Kier alpha value is -1.39. The molecule has 0 saturated heterocycles. The molecule has 0 radical (unpaired) electrons. The highest BCUT2D eigenvalue weighted by Gasteiger charge is 2.20. The van der Waals surface area contributed by atoms with Crippen LogP contribution in [0.2, 0.25) is 0 Å². The molecule has 1 rings (SSSR count). The minimum Gasteiger partial charge on any atom is -0.485 e. The molecule has 1 aromatic rings. The second kappa shape index (κ2) is 5.09. The number of halogens is 3. The quantitative estimate of drug-likeness (QED) is 0.640. The SMILES string of the molecule is CCCC(C)Oc1c(F)cc(N)c(F)c1F. The molecule has 1 aromatic carbocycles. The molecule has 0 aliphatic rings. The highest BCUT2D eigenvalue weighted by Crippen LogP contribution is 2.29. The van der Waals surface area contributed by atoms with Gasteiger partial charge in [0.15, 0.2) is 17.4 Å². The van der Waals surface area contributed by atoms with Gasteiger partial charge in [0.25, 0.3) is 0 Å². The fourth-order valence-electron chi connectivity index (χ4n) is 1.37. The number of anilines is 1. The second-order valence-corrected chi connectivity index (χ2v) is 3.62. The molecular formula is C11H14F3NO. The molecule has 0 fully saturated rings. The first-order valence-electron chi connectivity index (χ1n) is 5.07. The molecule has 0 aliphatic carbocycles. The first-order chi connectivity index (χ1) is 7.47. The first-order valence-corrected chi connectivity index (χ1v) is 5.07. The van der Waals surface area contributed by atoms with E-state index in [-0.39, 0.29) is 6.10 Å². The van der Waals surface area contributed by atoms with Gasteiger partial charge in [-0.2, -0.15) is 4.39 Å². The summed E-state index contributed by atoms with van der Waals surface area (Å²) in [5, 5.41) is 0. The molecule has 0 amide bonds. The van der Waals surface area contributed by atoms with Crippen LogP contribution in [0, 0.1) is 17.5 Å². The van der Waals surface area contributed by atoms with Crippen LogP contribution in [0.15, 0.2) is 6.07 Å². The van der Waals surface area contributed by atoms with E-state index in [4.69, 9.17) is 10.5 Å². The fraction of sp³-hybridized carbons (Fsp3) is 0.455. The Morgan fingerprint density at radius 1 is 1.31 bits per heavy atom. The molecule has 1 atom stereocenters. The Balaban J connectivity index is 3.00. The highest BCUT2D eigenvalue weighted by molar-refractivity contribution is 5.45. The summed E-state index contributed by atoms with van der Waals surface area (Å²) in [6.45, 7) is 3.58. The normalized spacial score (nSPS) is 12.6. The molecule has 5 heteroatoms. The average Bonchev–Trinajstić information content (AvgIpc) is 2.22. The average molecular weight is 233 g/mol. The van der Waals surface area contributed by atoms with Crippen LogP contribution in [-0.4, -0.2) is 6.10 Å². The van der Waals surface area contributed by atoms with Crippen LogP contribution in [0.25, 0.3) is 0 Å². The molecule has 0 bridgehead atoms. The second-order valence-electron chi connectivity index (χ2n) is 3.62. The van der Waals surface area contributed by atoms with Crippen LogP contribution in [0.1, 0.15) is 26.7 Å². The third-order valence-corrected chi connectivity index (χ3v) is 2.16. The lowest BCUT2D eigenvalue weighted by Gasteiger charge is -2.15. The summed E-state index contributed by atoms with van der Waals surface area (Å²) < 4.78 is 44.7. The van der Waals surface area contributed by atoms with Crippen molar-refractivity contribution in [3.8, 4) is 5.75 Å². The van der Waals surface area contributed by atoms with E-state index >= 15 is 0 Å². The van der Waals surface area contributed by atoms with E-state index in [2.05, 4.69) is 0 Å². The monoisotopic (exact) mass is 233 g/mol. The van der Waals surface area contributed by atoms with Gasteiger partial charge < -0.3 is 10.5 Å². The van der Waals surface area contributed by atoms with Crippen LogP contribution in [0.3, 0.4) is 0 Å². The maximum Gasteiger partial charge on any atom is 0.205 e. The topological polar surface area (TPSA) is 35.2 Å². The highest BCUT2D eigenvalue weighted by atomic mass is 19.2. The first kappa shape index (κ1) is 12.7. The lowest BCUT2D eigenvalue weighted by molar-refractivity contribution is 0.189. The van der Waals surface area contributed by atoms with Crippen LogP contribution in [0.4, 0.5) is 18.9 Å². The number of rotatable bonds is 4. The van der Waals surface area contributed by atoms with Crippen molar-refractivity contribution in [2.45, 2.75) is 32.8 Å². The molecule has 90 valence electrons. The maximum absolute atomic E-state index is 13.3. The maximum atomic E-state index is 13.3. The molecule has 2 N–H and O–H groups in total. The van der Waals surface area contributed by atoms with Crippen LogP contribution < -0.4 is 10.5 Å². The van der Waals surface area contributed by atoms with E-state index in [1.54, 1.807) is 6.92 Å². The minimum absolute atomic E-state index is 0.378. The molecular weight excluding hydrogens is 219 g/mol. The third-order valence-electron chi connectivity index (χ3n) is 2.16. The van der Waals surface area contributed by atoms with Crippen LogP contribution in [-0.2, 0) is 0 Å². The number of hydrogen-bond acceptors (Lipinski definition) is 2. The zero-order valence-corrected chi connectivity index (χ0v) is 9.19. The number of ether oxygens (including phenoxy) is 1. The van der Waals surface area contributed by atoms with Gasteiger partial charge in [0.2, 0.25) is 5.82 Å². The van der Waals surface area contributed by atoms with Gasteiger partial charge >= 0.3 is 0 Å². The Bertz CT molecular complexity index is 382. The summed E-state index contributed by atoms with van der Waals surface area (Å²) in [6, 6.07) is 0.715. The Morgan fingerprint density at radius 3 is 2.50 bits per heavy atom. The van der Waals surface area contributed by atoms with Crippen molar-refractivity contribution in [3.05, 3.63) is 23.5 Å². The molecule has 0 saturated carbocycles. The summed E-state index contributed by atoms with van der Waals surface area (Å²) in [5.41, 5.74) is 4.50. The van der Waals surface area contributed by atoms with Gasteiger partial charge in [-0.05, 0) is 13.3 Å². The van der Waals surface area contributed by atoms with E-state index in [9.17, 15) is 13.2 Å². The van der Waals surface area contributed by atoms with Crippen molar-refractivity contribution >= 4 is 5.69 Å². The smallest absolute Gasteiger partial charge is 0.205 e. The lowest BCUT2D eigenvalue weighted by atomic mass is 10.2. The van der Waals surface area contributed by atoms with E-state index in [1.807, 2.05) is 6.92 Å². The van der Waals surface area contributed by atoms with Crippen molar-refractivity contribution < 1.29 is 17.9 Å². The Morgan fingerprint density at radius 2 is 1.94 bits per heavy atom. The summed E-state index contributed by atoms with van der Waals surface area (Å²) in [6.07, 6.45) is 1.06. The van der Waals surface area contributed by atoms with E-state index < -0.39 is 28.9 Å². The van der Waals surface area contributed by atoms with Gasteiger partial charge in [-0.25, -0.2) is 8.78 Å². The van der Waals surface area contributed by atoms with Gasteiger partial charge in [-0.15, -0.1) is 0 Å². The molecule has 2 nitrogen and oxygen atoms in total. The predicted octanol–water partition coefficient (Wildman–Crippen LogP) is 3.25. The summed E-state index contributed by atoms with van der Waals surface area (Å²) in [4.78, 5) is 0. The van der Waals surface area contributed by atoms with Gasteiger partial charge in [-0.1, -0.05) is 13.3 Å². The zero-order chi connectivity index (χ0) is 12.3. The van der Waals surface area contributed by atoms with E-state index in [0.717, 1.165) is 6.42 Å². The number of benzene rings is 1. The van der Waals surface area contributed by atoms with Crippen LogP contribution in [0.5, 0.6) is 5.75 Å². The predicted molar refractivity (Wildman–Crippen MR) is 55.7 cm³/mol. The van der Waals surface area contributed by atoms with Gasteiger partial charge in [0, 0.05) is 6.07 Å². The van der Waals surface area contributed by atoms with Crippen molar-refractivity contribution in [2.24, 2.45) is 0 Å². The summed E-state index contributed by atoms with van der Waals surface area (Å²) in [7, 11) is 0. The molecule has 0 aliphatic heterocycles. The summed E-state index contributed by atoms with van der Waals surface area (Å²) >= 11 is 0. The van der Waals surface area contributed by atoms with Crippen molar-refractivity contribution in [3.63, 3.8) is 0 Å². The molecule has 1 unspecified atom stereocenters. The van der Waals surface area contributed by atoms with E-state index in [1.165, 1.54) is 0 Å². The Labute approximate surface area is 92.2 Å². The van der Waals surface area contributed by atoms with Gasteiger partial charge in [0.1, 0.15) is 0 Å². The lowest BCUT2D eigenvalue weighted by Crippen LogP contribution is -2.14. The number of nitrogens with two attached hydrogens (primary N) is 1. The molecule has 0 spiro atoms. The van der Waals surface area contributed by atoms with Gasteiger partial charge in [-0.3, -0.25) is 0 Å². The number of hydrogen-bond donors (Lipinski definition) is 1. The summed E-state index contributed by atoms with van der Waals surface area (Å²) in [5.74, 6) is -4.34. The van der Waals surface area contributed by atoms with Gasteiger partial charge in [0.05, 0.1) is 11.8 Å². The van der Waals surface area contributed by atoms with Crippen LogP contribution >= 0.6 is 0 Å².